The molecule has 2 aromatic rings. The zero-order valence-corrected chi connectivity index (χ0v) is 18.2. The van der Waals surface area contributed by atoms with Crippen molar-refractivity contribution in [2.45, 2.75) is 38.1 Å². The van der Waals surface area contributed by atoms with Crippen LogP contribution in [0.15, 0.2) is 33.8 Å². The van der Waals surface area contributed by atoms with Crippen molar-refractivity contribution < 1.29 is 28.6 Å². The van der Waals surface area contributed by atoms with E-state index in [2.05, 4.69) is 25.7 Å². The first-order valence-corrected chi connectivity index (χ1v) is 11.7. The van der Waals surface area contributed by atoms with Crippen LogP contribution in [0.1, 0.15) is 32.2 Å². The molecule has 11 heteroatoms. The smallest absolute Gasteiger partial charge is 0.365 e. The van der Waals surface area contributed by atoms with Crippen LogP contribution in [0.4, 0.5) is 0 Å². The molecule has 1 saturated carbocycles. The summed E-state index contributed by atoms with van der Waals surface area (Å²) in [6.45, 7) is 1.53. The van der Waals surface area contributed by atoms with Crippen LogP contribution in [0.2, 0.25) is 0 Å². The van der Waals surface area contributed by atoms with Crippen LogP contribution in [0.5, 0.6) is 0 Å². The maximum Gasteiger partial charge on any atom is 0.365 e. The molecule has 0 saturated heterocycles. The molecule has 2 N–H and O–H groups in total. The number of halogens is 1. The van der Waals surface area contributed by atoms with Gasteiger partial charge in [-0.3, -0.25) is 13.9 Å². The monoisotopic (exact) mass is 488 g/mol. The molecule has 0 amide bonds. The molecular formula is C18H22BrN2O7P. The maximum atomic E-state index is 12.9. The summed E-state index contributed by atoms with van der Waals surface area (Å²) >= 11 is 3.40. The van der Waals surface area contributed by atoms with Crippen molar-refractivity contribution in [1.29, 1.82) is 0 Å². The molecule has 3 atom stereocenters. The van der Waals surface area contributed by atoms with Crippen LogP contribution in [0, 0.1) is 5.92 Å². The number of hydrogen-bond donors (Lipinski definition) is 2. The maximum absolute atomic E-state index is 12.9. The Hall–Kier alpha value is -1.58. The van der Waals surface area contributed by atoms with Gasteiger partial charge >= 0.3 is 13.6 Å². The third kappa shape index (κ3) is 4.95. The summed E-state index contributed by atoms with van der Waals surface area (Å²) in [7, 11) is -4.80. The summed E-state index contributed by atoms with van der Waals surface area (Å²) in [5.41, 5.74) is 0.464. The molecule has 158 valence electrons. The molecule has 1 aromatic heterocycles. The van der Waals surface area contributed by atoms with Crippen molar-refractivity contribution in [3.05, 3.63) is 39.4 Å². The Labute approximate surface area is 175 Å². The lowest BCUT2D eigenvalue weighted by atomic mass is 10.1. The van der Waals surface area contributed by atoms with Gasteiger partial charge in [0.05, 0.1) is 30.4 Å². The molecule has 3 unspecified atom stereocenters. The highest BCUT2D eigenvalue weighted by Gasteiger charge is 2.39. The van der Waals surface area contributed by atoms with Gasteiger partial charge in [0.15, 0.2) is 0 Å². The highest BCUT2D eigenvalue weighted by Crippen LogP contribution is 2.43. The number of ether oxygens (including phenoxy) is 2. The van der Waals surface area contributed by atoms with Gasteiger partial charge in [0.2, 0.25) is 0 Å². The molecule has 1 heterocycles. The van der Waals surface area contributed by atoms with Gasteiger partial charge in [-0.25, -0.2) is 9.78 Å². The topological polar surface area (TPSA) is 128 Å². The predicted octanol–water partition coefficient (Wildman–Crippen LogP) is 2.58. The molecular weight excluding hydrogens is 467 g/mol. The second-order valence-electron chi connectivity index (χ2n) is 6.95. The van der Waals surface area contributed by atoms with Crippen molar-refractivity contribution in [3.63, 3.8) is 0 Å². The van der Waals surface area contributed by atoms with Crippen LogP contribution in [-0.2, 0) is 18.8 Å². The van der Waals surface area contributed by atoms with E-state index in [1.807, 2.05) is 6.07 Å². The third-order valence-corrected chi connectivity index (χ3v) is 6.58. The van der Waals surface area contributed by atoms with E-state index in [0.717, 1.165) is 0 Å². The lowest BCUT2D eigenvalue weighted by molar-refractivity contribution is -0.152. The fourth-order valence-electron chi connectivity index (χ4n) is 3.59. The zero-order valence-electron chi connectivity index (χ0n) is 15.7. The van der Waals surface area contributed by atoms with E-state index in [0.29, 0.717) is 34.6 Å². The number of fused-ring (bicyclic) bond motifs is 1. The van der Waals surface area contributed by atoms with Crippen molar-refractivity contribution in [1.82, 2.24) is 9.55 Å². The molecule has 1 aliphatic carbocycles. The average molecular weight is 489 g/mol. The summed E-state index contributed by atoms with van der Waals surface area (Å²) in [6, 6.07) is 5.27. The summed E-state index contributed by atoms with van der Waals surface area (Å²) in [4.78, 5) is 47.8. The molecule has 3 rings (SSSR count). The standard InChI is InChI=1S/C18H22BrN2O7P/c1-2-27-17(23)18(29(24,25)26)28-9-11-6-7-12(8-11)21-10-20-14-5-3-4-13(19)15(14)16(21)22/h3-5,10-12,18H,2,6-9H2,1H3,(H2,24,25,26). The van der Waals surface area contributed by atoms with E-state index in [4.69, 9.17) is 4.74 Å². The molecule has 1 aromatic carbocycles. The second kappa shape index (κ2) is 9.06. The fraction of sp³-hybridized carbons (Fsp3) is 0.500. The number of hydrogen-bond acceptors (Lipinski definition) is 6. The SMILES string of the molecule is CCOC(=O)C(OCC1CCC(n2cnc3cccc(Br)c3c2=O)C1)P(=O)(O)O. The molecule has 0 radical (unpaired) electrons. The van der Waals surface area contributed by atoms with Crippen LogP contribution >= 0.6 is 23.5 Å². The minimum Gasteiger partial charge on any atom is -0.464 e. The van der Waals surface area contributed by atoms with Crippen LogP contribution in [-0.4, -0.2) is 44.4 Å². The Morgan fingerprint density at radius 3 is 2.86 bits per heavy atom. The van der Waals surface area contributed by atoms with Crippen LogP contribution in [0.3, 0.4) is 0 Å². The lowest BCUT2D eigenvalue weighted by Crippen LogP contribution is -2.29. The largest absolute Gasteiger partial charge is 0.464 e. The number of carbonyl (C=O) groups excluding carboxylic acids is 1. The van der Waals surface area contributed by atoms with Crippen LogP contribution < -0.4 is 5.56 Å². The Balaban J connectivity index is 1.70. The van der Waals surface area contributed by atoms with Gasteiger partial charge < -0.3 is 19.3 Å². The van der Waals surface area contributed by atoms with Gasteiger partial charge in [-0.1, -0.05) is 6.07 Å². The highest BCUT2D eigenvalue weighted by molar-refractivity contribution is 9.10. The summed E-state index contributed by atoms with van der Waals surface area (Å²) in [5.74, 6) is -3.05. The van der Waals surface area contributed by atoms with Crippen molar-refractivity contribution in [2.75, 3.05) is 13.2 Å². The number of aromatic nitrogens is 2. The molecule has 0 aliphatic heterocycles. The fourth-order valence-corrected chi connectivity index (χ4v) is 4.75. The second-order valence-corrected chi connectivity index (χ2v) is 9.45. The van der Waals surface area contributed by atoms with E-state index >= 15 is 0 Å². The van der Waals surface area contributed by atoms with Gasteiger partial charge in [0.1, 0.15) is 0 Å². The molecule has 0 spiro atoms. The van der Waals surface area contributed by atoms with Gasteiger partial charge in [-0.05, 0) is 60.2 Å². The van der Waals surface area contributed by atoms with Gasteiger partial charge in [-0.2, -0.15) is 0 Å². The van der Waals surface area contributed by atoms with Gasteiger partial charge in [-0.15, -0.1) is 0 Å². The number of carbonyl (C=O) groups is 1. The number of esters is 1. The minimum atomic E-state index is -4.80. The molecule has 9 nitrogen and oxygen atoms in total. The normalized spacial score (nSPS) is 20.7. The average Bonchev–Trinajstić information content (AvgIpc) is 3.10. The zero-order chi connectivity index (χ0) is 21.2. The summed E-state index contributed by atoms with van der Waals surface area (Å²) in [5, 5.41) is 0.513. The van der Waals surface area contributed by atoms with Crippen LogP contribution in [0.25, 0.3) is 10.9 Å². The van der Waals surface area contributed by atoms with Gasteiger partial charge in [0, 0.05) is 10.5 Å². The Morgan fingerprint density at radius 2 is 2.17 bits per heavy atom. The summed E-state index contributed by atoms with van der Waals surface area (Å²) < 4.78 is 23.8. The molecule has 1 fully saturated rings. The predicted molar refractivity (Wildman–Crippen MR) is 108 cm³/mol. The van der Waals surface area contributed by atoms with E-state index in [9.17, 15) is 23.9 Å². The van der Waals surface area contributed by atoms with E-state index in [1.54, 1.807) is 23.6 Å². The Kier molecular flexibility index (Phi) is 6.90. The quantitative estimate of drug-likeness (QED) is 0.449. The lowest BCUT2D eigenvalue weighted by Gasteiger charge is -2.20. The molecule has 0 bridgehead atoms. The first-order chi connectivity index (χ1) is 13.7. The van der Waals surface area contributed by atoms with Crippen molar-refractivity contribution in [3.8, 4) is 0 Å². The Morgan fingerprint density at radius 1 is 1.41 bits per heavy atom. The number of benzene rings is 1. The first kappa shape index (κ1) is 22.1. The summed E-state index contributed by atoms with van der Waals surface area (Å²) in [6.07, 6.45) is 3.50. The van der Waals surface area contributed by atoms with E-state index in [-0.39, 0.29) is 30.7 Å². The minimum absolute atomic E-state index is 0.00235. The molecule has 29 heavy (non-hydrogen) atoms. The first-order valence-electron chi connectivity index (χ1n) is 9.21. The number of rotatable bonds is 7. The van der Waals surface area contributed by atoms with Gasteiger partial charge in [0.25, 0.3) is 11.4 Å². The molecule has 1 aliphatic rings. The van der Waals surface area contributed by atoms with E-state index in [1.165, 1.54) is 6.33 Å². The Bertz CT molecular complexity index is 1010. The third-order valence-electron chi connectivity index (χ3n) is 4.95. The number of nitrogens with zero attached hydrogens (tertiary/aromatic N) is 2. The van der Waals surface area contributed by atoms with Crippen molar-refractivity contribution >= 4 is 40.4 Å². The van der Waals surface area contributed by atoms with E-state index < -0.39 is 19.4 Å². The van der Waals surface area contributed by atoms with Crippen molar-refractivity contribution in [2.24, 2.45) is 5.92 Å². The highest BCUT2D eigenvalue weighted by atomic mass is 79.9.